The second-order valence-electron chi connectivity index (χ2n) is 4.74. The molecule has 1 aliphatic heterocycles. The first-order valence-electron chi connectivity index (χ1n) is 6.63. The molecule has 1 aromatic carbocycles. The number of nitrogens with zero attached hydrogens (tertiary/aromatic N) is 1. The lowest BCUT2D eigenvalue weighted by atomic mass is 10.2. The van der Waals surface area contributed by atoms with Crippen molar-refractivity contribution in [2.24, 2.45) is 5.73 Å². The summed E-state index contributed by atoms with van der Waals surface area (Å²) < 4.78 is 5.66. The predicted octanol–water partition coefficient (Wildman–Crippen LogP) is 0.0481. The van der Waals surface area contributed by atoms with Gasteiger partial charge in [0.1, 0.15) is 10.7 Å². The zero-order valence-electron chi connectivity index (χ0n) is 11.5. The zero-order valence-corrected chi connectivity index (χ0v) is 12.3. The molecule has 1 fully saturated rings. The Morgan fingerprint density at radius 2 is 1.95 bits per heavy atom. The normalized spacial score (nSPS) is 15.6. The highest BCUT2D eigenvalue weighted by atomic mass is 32.1. The Morgan fingerprint density at radius 3 is 2.62 bits per heavy atom. The van der Waals surface area contributed by atoms with Crippen molar-refractivity contribution in [3.63, 3.8) is 0 Å². The van der Waals surface area contributed by atoms with E-state index in [9.17, 15) is 9.59 Å². The number of piperazine rings is 1. The van der Waals surface area contributed by atoms with Crippen LogP contribution in [0.3, 0.4) is 0 Å². The molecule has 0 radical (unpaired) electrons. The van der Waals surface area contributed by atoms with Crippen molar-refractivity contribution in [3.8, 4) is 5.75 Å². The molecule has 7 heteroatoms. The van der Waals surface area contributed by atoms with Crippen molar-refractivity contribution < 1.29 is 14.3 Å². The van der Waals surface area contributed by atoms with E-state index in [1.165, 1.54) is 0 Å². The van der Waals surface area contributed by atoms with E-state index >= 15 is 0 Å². The number of carbonyl (C=O) groups excluding carboxylic acids is 2. The van der Waals surface area contributed by atoms with Crippen molar-refractivity contribution in [1.29, 1.82) is 0 Å². The Morgan fingerprint density at radius 1 is 1.29 bits per heavy atom. The highest BCUT2D eigenvalue weighted by molar-refractivity contribution is 7.80. The Kier molecular flexibility index (Phi) is 5.24. The maximum Gasteiger partial charge on any atom is 0.240 e. The molecule has 0 aromatic heterocycles. The lowest BCUT2D eigenvalue weighted by Crippen LogP contribution is -2.51. The van der Waals surface area contributed by atoms with Crippen molar-refractivity contribution in [2.45, 2.75) is 6.42 Å². The maximum absolute atomic E-state index is 11.2. The van der Waals surface area contributed by atoms with E-state index < -0.39 is 0 Å². The van der Waals surface area contributed by atoms with Crippen LogP contribution in [0.4, 0.5) is 0 Å². The van der Waals surface area contributed by atoms with Gasteiger partial charge in [-0.05, 0) is 18.6 Å². The van der Waals surface area contributed by atoms with Gasteiger partial charge in [-0.25, -0.2) is 0 Å². The number of hydrogen-bond donors (Lipinski definition) is 2. The number of para-hydroxylation sites is 1. The first kappa shape index (κ1) is 15.4. The highest BCUT2D eigenvalue weighted by Gasteiger charge is 2.21. The summed E-state index contributed by atoms with van der Waals surface area (Å²) in [6.07, 6.45) is 0.701. The number of hydrogen-bond acceptors (Lipinski definition) is 5. The first-order chi connectivity index (χ1) is 10.1. The number of rotatable bonds is 6. The van der Waals surface area contributed by atoms with Crippen LogP contribution in [0, 0.1) is 0 Å². The van der Waals surface area contributed by atoms with Crippen molar-refractivity contribution >= 4 is 29.0 Å². The molecule has 3 N–H and O–H groups in total. The van der Waals surface area contributed by atoms with Gasteiger partial charge in [0, 0.05) is 6.54 Å². The van der Waals surface area contributed by atoms with Gasteiger partial charge in [-0.2, -0.15) is 0 Å². The fourth-order valence-electron chi connectivity index (χ4n) is 2.12. The highest BCUT2D eigenvalue weighted by Crippen LogP contribution is 2.17. The summed E-state index contributed by atoms with van der Waals surface area (Å²) in [7, 11) is 0. The molecule has 1 aliphatic rings. The molecular weight excluding hydrogens is 290 g/mol. The minimum Gasteiger partial charge on any atom is -0.493 e. The largest absolute Gasteiger partial charge is 0.493 e. The quantitative estimate of drug-likeness (QED) is 0.439. The fourth-order valence-corrected chi connectivity index (χ4v) is 2.29. The summed E-state index contributed by atoms with van der Waals surface area (Å²) in [6.45, 7) is 1.57. The summed E-state index contributed by atoms with van der Waals surface area (Å²) >= 11 is 4.96. The van der Waals surface area contributed by atoms with Gasteiger partial charge in [-0.3, -0.25) is 19.8 Å². The number of amides is 2. The van der Waals surface area contributed by atoms with E-state index in [1.807, 2.05) is 24.3 Å². The van der Waals surface area contributed by atoms with Crippen LogP contribution < -0.4 is 15.8 Å². The molecule has 0 aliphatic carbocycles. The Labute approximate surface area is 128 Å². The molecule has 1 saturated heterocycles. The number of imide groups is 1. The molecule has 0 saturated carbocycles. The molecule has 6 nitrogen and oxygen atoms in total. The molecule has 0 atom stereocenters. The number of nitrogens with one attached hydrogen (secondary N) is 1. The van der Waals surface area contributed by atoms with E-state index in [0.29, 0.717) is 35.9 Å². The first-order valence-corrected chi connectivity index (χ1v) is 7.04. The summed E-state index contributed by atoms with van der Waals surface area (Å²) in [5.74, 6) is 0.134. The van der Waals surface area contributed by atoms with Gasteiger partial charge in [0.05, 0.1) is 25.3 Å². The number of nitrogens with two attached hydrogens (primary N) is 1. The number of thiocarbonyl (C=S) groups is 1. The lowest BCUT2D eigenvalue weighted by Gasteiger charge is -2.25. The summed E-state index contributed by atoms with van der Waals surface area (Å²) in [5, 5.41) is 2.27. The second kappa shape index (κ2) is 7.14. The number of benzene rings is 1. The predicted molar refractivity (Wildman–Crippen MR) is 82.0 cm³/mol. The van der Waals surface area contributed by atoms with Gasteiger partial charge in [0.15, 0.2) is 0 Å². The van der Waals surface area contributed by atoms with Crippen LogP contribution in [0.15, 0.2) is 24.3 Å². The van der Waals surface area contributed by atoms with E-state index in [4.69, 9.17) is 22.7 Å². The smallest absolute Gasteiger partial charge is 0.240 e. The molecule has 21 heavy (non-hydrogen) atoms. The van der Waals surface area contributed by atoms with Crippen LogP contribution in [-0.2, 0) is 9.59 Å². The summed E-state index contributed by atoms with van der Waals surface area (Å²) in [4.78, 5) is 24.5. The topological polar surface area (TPSA) is 84.7 Å². The van der Waals surface area contributed by atoms with Crippen LogP contribution in [0.25, 0.3) is 0 Å². The minimum atomic E-state index is -0.258. The van der Waals surface area contributed by atoms with Gasteiger partial charge in [0.25, 0.3) is 0 Å². The van der Waals surface area contributed by atoms with Gasteiger partial charge in [-0.1, -0.05) is 24.4 Å². The second-order valence-corrected chi connectivity index (χ2v) is 5.18. The van der Waals surface area contributed by atoms with Crippen LogP contribution in [-0.4, -0.2) is 47.9 Å². The third kappa shape index (κ3) is 4.51. The van der Waals surface area contributed by atoms with E-state index in [1.54, 1.807) is 4.90 Å². The third-order valence-corrected chi connectivity index (χ3v) is 3.26. The number of ether oxygens (including phenoxy) is 1. The molecule has 0 unspecified atom stereocenters. The Hall–Kier alpha value is -1.99. The van der Waals surface area contributed by atoms with E-state index in [2.05, 4.69) is 5.32 Å². The van der Waals surface area contributed by atoms with Gasteiger partial charge in [0.2, 0.25) is 11.8 Å². The van der Waals surface area contributed by atoms with Crippen LogP contribution in [0.2, 0.25) is 0 Å². The molecule has 1 heterocycles. The SMILES string of the molecule is NC(=S)c1ccccc1OCCCN1CC(=O)NC(=O)C1. The molecule has 112 valence electrons. The monoisotopic (exact) mass is 307 g/mol. The molecule has 0 bridgehead atoms. The maximum atomic E-state index is 11.2. The zero-order chi connectivity index (χ0) is 15.2. The average Bonchev–Trinajstić information content (AvgIpc) is 2.43. The molecule has 1 aromatic rings. The average molecular weight is 307 g/mol. The Balaban J connectivity index is 1.79. The molecule has 2 rings (SSSR count). The standard InChI is InChI=1S/C14H17N3O3S/c15-14(21)10-4-1-2-5-11(10)20-7-3-6-17-8-12(18)16-13(19)9-17/h1-2,4-5H,3,6-9H2,(H2,15,21)(H,16,18,19). The summed E-state index contributed by atoms with van der Waals surface area (Å²) in [5.41, 5.74) is 6.34. The van der Waals surface area contributed by atoms with Crippen LogP contribution >= 0.6 is 12.2 Å². The van der Waals surface area contributed by atoms with Crippen molar-refractivity contribution in [1.82, 2.24) is 10.2 Å². The van der Waals surface area contributed by atoms with E-state index in [-0.39, 0.29) is 24.9 Å². The minimum absolute atomic E-state index is 0.245. The fraction of sp³-hybridized carbons (Fsp3) is 0.357. The number of carbonyl (C=O) groups is 2. The van der Waals surface area contributed by atoms with Crippen LogP contribution in [0.1, 0.15) is 12.0 Å². The summed E-state index contributed by atoms with van der Waals surface area (Å²) in [6, 6.07) is 7.32. The Bertz CT molecular complexity index is 546. The van der Waals surface area contributed by atoms with Gasteiger partial charge >= 0.3 is 0 Å². The third-order valence-electron chi connectivity index (χ3n) is 3.04. The van der Waals surface area contributed by atoms with Crippen LogP contribution in [0.5, 0.6) is 5.75 Å². The van der Waals surface area contributed by atoms with Gasteiger partial charge < -0.3 is 10.5 Å². The van der Waals surface area contributed by atoms with Crippen molar-refractivity contribution in [2.75, 3.05) is 26.2 Å². The molecule has 2 amide bonds. The lowest BCUT2D eigenvalue weighted by molar-refractivity contribution is -0.136. The molecular formula is C14H17N3O3S. The van der Waals surface area contributed by atoms with Gasteiger partial charge in [-0.15, -0.1) is 0 Å². The van der Waals surface area contributed by atoms with E-state index in [0.717, 1.165) is 0 Å². The van der Waals surface area contributed by atoms with Crippen molar-refractivity contribution in [3.05, 3.63) is 29.8 Å². The molecule has 0 spiro atoms.